The number of benzene rings is 1. The van der Waals surface area contributed by atoms with Gasteiger partial charge in [0.15, 0.2) is 11.5 Å². The van der Waals surface area contributed by atoms with Gasteiger partial charge in [-0.2, -0.15) is 0 Å². The molecule has 1 aliphatic carbocycles. The van der Waals surface area contributed by atoms with Gasteiger partial charge in [0.25, 0.3) is 6.47 Å². The van der Waals surface area contributed by atoms with Gasteiger partial charge < -0.3 is 19.9 Å². The number of methoxy groups -OCH3 is 2. The molecule has 1 fully saturated rings. The van der Waals surface area contributed by atoms with Crippen LogP contribution in [0.5, 0.6) is 11.5 Å². The Balaban J connectivity index is 0.000000409. The molecule has 5 nitrogen and oxygen atoms in total. The van der Waals surface area contributed by atoms with Crippen molar-refractivity contribution in [1.29, 1.82) is 0 Å². The Morgan fingerprint density at radius 3 is 2.17 bits per heavy atom. The lowest BCUT2D eigenvalue weighted by Crippen LogP contribution is -2.39. The molecule has 2 rings (SSSR count). The van der Waals surface area contributed by atoms with E-state index in [1.807, 2.05) is 19.1 Å². The van der Waals surface area contributed by atoms with Crippen molar-refractivity contribution in [2.45, 2.75) is 52.1 Å². The van der Waals surface area contributed by atoms with E-state index in [9.17, 15) is 0 Å². The second-order valence-electron chi connectivity index (χ2n) is 5.79. The molecule has 0 radical (unpaired) electrons. The summed E-state index contributed by atoms with van der Waals surface area (Å²) in [4.78, 5) is 8.36. The van der Waals surface area contributed by atoms with Gasteiger partial charge >= 0.3 is 0 Å². The van der Waals surface area contributed by atoms with Crippen LogP contribution in [0.2, 0.25) is 0 Å². The molecular formula is C19H31NO4. The smallest absolute Gasteiger partial charge is 0.290 e. The molecule has 24 heavy (non-hydrogen) atoms. The number of hydrogen-bond acceptors (Lipinski definition) is 4. The molecule has 0 amide bonds. The van der Waals surface area contributed by atoms with E-state index in [1.54, 1.807) is 20.3 Å². The van der Waals surface area contributed by atoms with Crippen molar-refractivity contribution >= 4 is 12.5 Å². The third-order valence-electron chi connectivity index (χ3n) is 3.68. The standard InChI is InChI=1S/C11H14O2.C7H15N.CH2O2/c1-5-9-8(2)6-7-10(12-3)11(9)13-4;1-6(2)8-7-4-3-5-7;2-1-3/h5-7H,1H2,2-4H3;6-8H,3-5H2,1-2H3;1H,(H,2,3). The molecule has 1 aliphatic rings. The van der Waals surface area contributed by atoms with Gasteiger partial charge in [-0.1, -0.05) is 39.0 Å². The zero-order valence-electron chi connectivity index (χ0n) is 15.5. The van der Waals surface area contributed by atoms with Crippen LogP contribution in [0.1, 0.15) is 44.2 Å². The molecule has 5 heteroatoms. The Bertz CT molecular complexity index is 496. The minimum atomic E-state index is -0.250. The van der Waals surface area contributed by atoms with E-state index >= 15 is 0 Å². The van der Waals surface area contributed by atoms with E-state index in [0.717, 1.165) is 28.7 Å². The number of hydrogen-bond donors (Lipinski definition) is 2. The number of ether oxygens (including phenoxy) is 2. The molecule has 0 unspecified atom stereocenters. The Hall–Kier alpha value is -2.01. The summed E-state index contributed by atoms with van der Waals surface area (Å²) in [6.45, 7) is 9.92. The fourth-order valence-electron chi connectivity index (χ4n) is 2.35. The maximum absolute atomic E-state index is 8.36. The average molecular weight is 337 g/mol. The second-order valence-corrected chi connectivity index (χ2v) is 5.79. The highest BCUT2D eigenvalue weighted by Gasteiger charge is 2.16. The van der Waals surface area contributed by atoms with Gasteiger partial charge in [-0.3, -0.25) is 4.79 Å². The number of aryl methyl sites for hydroxylation is 1. The molecule has 0 bridgehead atoms. The van der Waals surface area contributed by atoms with Crippen LogP contribution in [0.4, 0.5) is 0 Å². The third-order valence-corrected chi connectivity index (χ3v) is 3.68. The first kappa shape index (κ1) is 22.0. The number of carbonyl (C=O) groups is 1. The molecular weight excluding hydrogens is 306 g/mol. The monoisotopic (exact) mass is 337 g/mol. The molecule has 0 saturated heterocycles. The van der Waals surface area contributed by atoms with E-state index in [-0.39, 0.29) is 6.47 Å². The zero-order valence-corrected chi connectivity index (χ0v) is 15.5. The van der Waals surface area contributed by atoms with Gasteiger partial charge in [0.2, 0.25) is 0 Å². The van der Waals surface area contributed by atoms with Gasteiger partial charge in [0.1, 0.15) is 0 Å². The van der Waals surface area contributed by atoms with Crippen LogP contribution in [0, 0.1) is 6.92 Å². The fraction of sp³-hybridized carbons (Fsp3) is 0.526. The van der Waals surface area contributed by atoms with Crippen molar-refractivity contribution in [3.05, 3.63) is 29.8 Å². The number of rotatable bonds is 5. The highest BCUT2D eigenvalue weighted by Crippen LogP contribution is 2.33. The van der Waals surface area contributed by atoms with Crippen LogP contribution in [0.15, 0.2) is 18.7 Å². The second kappa shape index (κ2) is 12.4. The topological polar surface area (TPSA) is 67.8 Å². The lowest BCUT2D eigenvalue weighted by atomic mass is 9.93. The summed E-state index contributed by atoms with van der Waals surface area (Å²) < 4.78 is 10.4. The van der Waals surface area contributed by atoms with Crippen molar-refractivity contribution in [3.63, 3.8) is 0 Å². The summed E-state index contributed by atoms with van der Waals surface area (Å²) in [7, 11) is 3.25. The summed E-state index contributed by atoms with van der Waals surface area (Å²) >= 11 is 0. The van der Waals surface area contributed by atoms with Crippen molar-refractivity contribution in [1.82, 2.24) is 5.32 Å². The molecule has 1 saturated carbocycles. The van der Waals surface area contributed by atoms with Crippen LogP contribution in [0.3, 0.4) is 0 Å². The van der Waals surface area contributed by atoms with Crippen molar-refractivity contribution in [2.75, 3.05) is 14.2 Å². The first-order valence-electron chi connectivity index (χ1n) is 8.12. The molecule has 1 aromatic carbocycles. The number of nitrogens with one attached hydrogen (secondary N) is 1. The van der Waals surface area contributed by atoms with Gasteiger partial charge in [0, 0.05) is 17.6 Å². The van der Waals surface area contributed by atoms with E-state index < -0.39 is 0 Å². The Morgan fingerprint density at radius 2 is 1.88 bits per heavy atom. The Kier molecular flexibility index (Phi) is 11.4. The van der Waals surface area contributed by atoms with Gasteiger partial charge in [-0.25, -0.2) is 0 Å². The van der Waals surface area contributed by atoms with Crippen LogP contribution in [-0.2, 0) is 4.79 Å². The maximum Gasteiger partial charge on any atom is 0.290 e. The highest BCUT2D eigenvalue weighted by molar-refractivity contribution is 5.64. The minimum absolute atomic E-state index is 0.250. The van der Waals surface area contributed by atoms with Gasteiger partial charge in [-0.05, 0) is 31.4 Å². The van der Waals surface area contributed by atoms with Crippen LogP contribution in [-0.4, -0.2) is 37.9 Å². The van der Waals surface area contributed by atoms with E-state index in [0.29, 0.717) is 6.04 Å². The third kappa shape index (κ3) is 7.51. The summed E-state index contributed by atoms with van der Waals surface area (Å²) in [6.07, 6.45) is 6.01. The molecule has 0 heterocycles. The lowest BCUT2D eigenvalue weighted by molar-refractivity contribution is -0.122. The summed E-state index contributed by atoms with van der Waals surface area (Å²) in [5.74, 6) is 1.49. The summed E-state index contributed by atoms with van der Waals surface area (Å²) in [5, 5.41) is 10.4. The molecule has 136 valence electrons. The normalized spacial score (nSPS) is 12.8. The molecule has 1 aromatic rings. The van der Waals surface area contributed by atoms with Crippen LogP contribution < -0.4 is 14.8 Å². The van der Waals surface area contributed by atoms with E-state index in [1.165, 1.54) is 19.3 Å². The zero-order chi connectivity index (χ0) is 18.5. The SMILES string of the molecule is C=Cc1c(C)ccc(OC)c1OC.CC(C)NC1CCC1.O=CO. The van der Waals surface area contributed by atoms with Gasteiger partial charge in [-0.15, -0.1) is 0 Å². The average Bonchev–Trinajstić information content (AvgIpc) is 2.52. The predicted octanol–water partition coefficient (Wildman–Crippen LogP) is 3.89. The fourth-order valence-corrected chi connectivity index (χ4v) is 2.35. The lowest BCUT2D eigenvalue weighted by Gasteiger charge is -2.28. The molecule has 0 spiro atoms. The molecule has 0 aromatic heterocycles. The van der Waals surface area contributed by atoms with E-state index in [2.05, 4.69) is 25.7 Å². The molecule has 0 atom stereocenters. The first-order chi connectivity index (χ1) is 11.4. The molecule has 2 N–H and O–H groups in total. The Labute approximate surface area is 145 Å². The quantitative estimate of drug-likeness (QED) is 0.798. The Morgan fingerprint density at radius 1 is 1.29 bits per heavy atom. The van der Waals surface area contributed by atoms with Crippen molar-refractivity contribution in [3.8, 4) is 11.5 Å². The minimum Gasteiger partial charge on any atom is -0.493 e. The van der Waals surface area contributed by atoms with Gasteiger partial charge in [0.05, 0.1) is 14.2 Å². The van der Waals surface area contributed by atoms with Crippen LogP contribution in [0.25, 0.3) is 6.08 Å². The van der Waals surface area contributed by atoms with E-state index in [4.69, 9.17) is 19.4 Å². The van der Waals surface area contributed by atoms with Crippen LogP contribution >= 0.6 is 0 Å². The summed E-state index contributed by atoms with van der Waals surface area (Å²) in [6, 6.07) is 5.41. The highest BCUT2D eigenvalue weighted by atomic mass is 16.5. The molecule has 0 aliphatic heterocycles. The largest absolute Gasteiger partial charge is 0.493 e. The number of carboxylic acid groups (broad SMARTS) is 1. The first-order valence-corrected chi connectivity index (χ1v) is 8.12. The maximum atomic E-state index is 8.36. The summed E-state index contributed by atoms with van der Waals surface area (Å²) in [5.41, 5.74) is 2.12. The van der Waals surface area contributed by atoms with Crippen molar-refractivity contribution in [2.24, 2.45) is 0 Å². The van der Waals surface area contributed by atoms with Crippen molar-refractivity contribution < 1.29 is 19.4 Å². The predicted molar refractivity (Wildman–Crippen MR) is 99.0 cm³/mol.